The van der Waals surface area contributed by atoms with Crippen molar-refractivity contribution in [3.63, 3.8) is 0 Å². The van der Waals surface area contributed by atoms with E-state index in [0.29, 0.717) is 6.42 Å². The van der Waals surface area contributed by atoms with E-state index in [0.717, 1.165) is 19.3 Å². The van der Waals surface area contributed by atoms with Gasteiger partial charge in [-0.15, -0.1) is 6.58 Å². The van der Waals surface area contributed by atoms with Crippen LogP contribution in [0.1, 0.15) is 39.5 Å². The maximum Gasteiger partial charge on any atom is 0.140 e. The Morgan fingerprint density at radius 1 is 1.13 bits per heavy atom. The first-order valence-electron chi connectivity index (χ1n) is 5.36. The molecule has 2 heteroatoms. The fourth-order valence-corrected chi connectivity index (χ4v) is 1.35. The van der Waals surface area contributed by atoms with E-state index in [9.17, 15) is 9.59 Å². The fourth-order valence-electron chi connectivity index (χ4n) is 1.35. The Hall–Kier alpha value is -1.18. The number of hydrogen-bond donors (Lipinski definition) is 0. The lowest BCUT2D eigenvalue weighted by molar-refractivity contribution is -0.130. The Labute approximate surface area is 92.1 Å². The van der Waals surface area contributed by atoms with Crippen LogP contribution in [-0.2, 0) is 9.59 Å². The Morgan fingerprint density at radius 3 is 2.20 bits per heavy atom. The minimum absolute atomic E-state index is 0.0433. The molecule has 0 saturated carbocycles. The summed E-state index contributed by atoms with van der Waals surface area (Å²) < 4.78 is 0. The molecule has 0 N–H and O–H groups in total. The third kappa shape index (κ3) is 6.83. The first-order chi connectivity index (χ1) is 7.09. The molecule has 0 aromatic rings. The van der Waals surface area contributed by atoms with Gasteiger partial charge in [0, 0.05) is 0 Å². The van der Waals surface area contributed by atoms with Gasteiger partial charge in [-0.3, -0.25) is 9.59 Å². The van der Waals surface area contributed by atoms with E-state index >= 15 is 0 Å². The number of rotatable bonds is 8. The summed E-state index contributed by atoms with van der Waals surface area (Å²) in [6.07, 6.45) is 9.45. The molecule has 84 valence electrons. The van der Waals surface area contributed by atoms with Crippen molar-refractivity contribution in [2.24, 2.45) is 5.92 Å². The van der Waals surface area contributed by atoms with Crippen molar-refractivity contribution >= 4 is 11.6 Å². The van der Waals surface area contributed by atoms with Gasteiger partial charge in [0.05, 0.1) is 5.92 Å². The molecule has 0 rings (SSSR count). The predicted octanol–water partition coefficient (Wildman–Crippen LogP) is 3.08. The average Bonchev–Trinajstić information content (AvgIpc) is 2.15. The average molecular weight is 208 g/mol. The SMILES string of the molecule is C=CCCCC=CCC(C(C)=O)C(C)=O. The van der Waals surface area contributed by atoms with Gasteiger partial charge in [-0.25, -0.2) is 0 Å². The smallest absolute Gasteiger partial charge is 0.140 e. The first kappa shape index (κ1) is 13.8. The minimum Gasteiger partial charge on any atom is -0.299 e. The normalized spacial score (nSPS) is 10.9. The first-order valence-corrected chi connectivity index (χ1v) is 5.36. The van der Waals surface area contributed by atoms with Crippen molar-refractivity contribution < 1.29 is 9.59 Å². The van der Waals surface area contributed by atoms with Crippen LogP contribution in [-0.4, -0.2) is 11.6 Å². The van der Waals surface area contributed by atoms with Crippen LogP contribution in [0.2, 0.25) is 0 Å². The van der Waals surface area contributed by atoms with Crippen LogP contribution in [0, 0.1) is 5.92 Å². The second kappa shape index (κ2) is 8.16. The van der Waals surface area contributed by atoms with E-state index in [4.69, 9.17) is 0 Å². The number of ketones is 2. The van der Waals surface area contributed by atoms with E-state index < -0.39 is 5.92 Å². The lowest BCUT2D eigenvalue weighted by Gasteiger charge is -2.05. The molecule has 0 unspecified atom stereocenters. The van der Waals surface area contributed by atoms with Gasteiger partial charge in [-0.1, -0.05) is 18.2 Å². The lowest BCUT2D eigenvalue weighted by atomic mass is 9.96. The van der Waals surface area contributed by atoms with E-state index in [1.54, 1.807) is 0 Å². The molecule has 2 nitrogen and oxygen atoms in total. The zero-order valence-electron chi connectivity index (χ0n) is 9.66. The van der Waals surface area contributed by atoms with Crippen molar-refractivity contribution in [3.8, 4) is 0 Å². The van der Waals surface area contributed by atoms with E-state index in [-0.39, 0.29) is 11.6 Å². The Kier molecular flexibility index (Phi) is 7.51. The minimum atomic E-state index is -0.444. The van der Waals surface area contributed by atoms with Crippen LogP contribution in [0.15, 0.2) is 24.8 Å². The molecule has 0 aliphatic heterocycles. The van der Waals surface area contributed by atoms with Crippen molar-refractivity contribution in [1.29, 1.82) is 0 Å². The van der Waals surface area contributed by atoms with Crippen LogP contribution in [0.25, 0.3) is 0 Å². The number of hydrogen-bond acceptors (Lipinski definition) is 2. The molecule has 0 saturated heterocycles. The molecular weight excluding hydrogens is 188 g/mol. The Balaban J connectivity index is 3.84. The van der Waals surface area contributed by atoms with Gasteiger partial charge >= 0.3 is 0 Å². The summed E-state index contributed by atoms with van der Waals surface area (Å²) in [5.41, 5.74) is 0. The topological polar surface area (TPSA) is 34.1 Å². The van der Waals surface area contributed by atoms with Gasteiger partial charge in [0.15, 0.2) is 0 Å². The van der Waals surface area contributed by atoms with Crippen molar-refractivity contribution in [1.82, 2.24) is 0 Å². The molecule has 0 aliphatic rings. The third-order valence-electron chi connectivity index (χ3n) is 2.30. The molecule has 0 radical (unpaired) electrons. The molecule has 0 aliphatic carbocycles. The standard InChI is InChI=1S/C13H20O2/c1-4-5-6-7-8-9-10-13(11(2)14)12(3)15/h4,8-9,13H,1,5-7,10H2,2-3H3. The molecule has 0 aromatic heterocycles. The van der Waals surface area contributed by atoms with Gasteiger partial charge in [-0.2, -0.15) is 0 Å². The zero-order chi connectivity index (χ0) is 11.7. The van der Waals surface area contributed by atoms with Gasteiger partial charge in [-0.05, 0) is 39.5 Å². The number of carbonyl (C=O) groups is 2. The summed E-state index contributed by atoms with van der Waals surface area (Å²) in [5.74, 6) is -0.530. The van der Waals surface area contributed by atoms with E-state index in [1.807, 2.05) is 18.2 Å². The summed E-state index contributed by atoms with van der Waals surface area (Å²) in [5, 5.41) is 0. The second-order valence-electron chi connectivity index (χ2n) is 3.70. The summed E-state index contributed by atoms with van der Waals surface area (Å²) >= 11 is 0. The van der Waals surface area contributed by atoms with Gasteiger partial charge in [0.2, 0.25) is 0 Å². The predicted molar refractivity (Wildman–Crippen MR) is 62.7 cm³/mol. The highest BCUT2D eigenvalue weighted by Crippen LogP contribution is 2.08. The van der Waals surface area contributed by atoms with Crippen LogP contribution in [0.4, 0.5) is 0 Å². The van der Waals surface area contributed by atoms with E-state index in [2.05, 4.69) is 6.58 Å². The van der Waals surface area contributed by atoms with Crippen molar-refractivity contribution in [2.45, 2.75) is 39.5 Å². The van der Waals surface area contributed by atoms with Crippen LogP contribution in [0.3, 0.4) is 0 Å². The number of allylic oxidation sites excluding steroid dienone is 3. The molecule has 0 heterocycles. The number of Topliss-reactive ketones (excluding diaryl/α,β-unsaturated/α-hetero) is 2. The van der Waals surface area contributed by atoms with Crippen molar-refractivity contribution in [2.75, 3.05) is 0 Å². The molecular formula is C13H20O2. The largest absolute Gasteiger partial charge is 0.299 e. The maximum absolute atomic E-state index is 11.1. The molecule has 0 fully saturated rings. The van der Waals surface area contributed by atoms with Gasteiger partial charge in [0.1, 0.15) is 11.6 Å². The highest BCUT2D eigenvalue weighted by Gasteiger charge is 2.16. The van der Waals surface area contributed by atoms with Crippen molar-refractivity contribution in [3.05, 3.63) is 24.8 Å². The van der Waals surface area contributed by atoms with Gasteiger partial charge < -0.3 is 0 Å². The molecule has 0 amide bonds. The summed E-state index contributed by atoms with van der Waals surface area (Å²) in [6, 6.07) is 0. The fraction of sp³-hybridized carbons (Fsp3) is 0.538. The molecule has 0 spiro atoms. The Morgan fingerprint density at radius 2 is 1.73 bits per heavy atom. The van der Waals surface area contributed by atoms with E-state index in [1.165, 1.54) is 13.8 Å². The second-order valence-corrected chi connectivity index (χ2v) is 3.70. The number of unbranched alkanes of at least 4 members (excludes halogenated alkanes) is 2. The zero-order valence-corrected chi connectivity index (χ0v) is 9.66. The van der Waals surface area contributed by atoms with Crippen LogP contribution < -0.4 is 0 Å². The summed E-state index contributed by atoms with van der Waals surface area (Å²) in [4.78, 5) is 22.2. The number of carbonyl (C=O) groups excluding carboxylic acids is 2. The molecule has 15 heavy (non-hydrogen) atoms. The van der Waals surface area contributed by atoms with Crippen LogP contribution >= 0.6 is 0 Å². The third-order valence-corrected chi connectivity index (χ3v) is 2.30. The van der Waals surface area contributed by atoms with Gasteiger partial charge in [0.25, 0.3) is 0 Å². The monoisotopic (exact) mass is 208 g/mol. The van der Waals surface area contributed by atoms with Crippen LogP contribution in [0.5, 0.6) is 0 Å². The Bertz CT molecular complexity index is 237. The highest BCUT2D eigenvalue weighted by atomic mass is 16.1. The quantitative estimate of drug-likeness (QED) is 0.349. The molecule has 0 bridgehead atoms. The lowest BCUT2D eigenvalue weighted by Crippen LogP contribution is -2.18. The highest BCUT2D eigenvalue weighted by molar-refractivity contribution is 6.00. The summed E-state index contributed by atoms with van der Waals surface area (Å²) in [6.45, 7) is 6.58. The molecule has 0 aromatic carbocycles. The maximum atomic E-state index is 11.1. The summed E-state index contributed by atoms with van der Waals surface area (Å²) in [7, 11) is 0. The molecule has 0 atom stereocenters.